The van der Waals surface area contributed by atoms with Crippen LogP contribution in [0.25, 0.3) is 0 Å². The number of hydrogen-bond donors (Lipinski definition) is 1. The van der Waals surface area contributed by atoms with Crippen molar-refractivity contribution in [1.82, 2.24) is 0 Å². The predicted octanol–water partition coefficient (Wildman–Crippen LogP) is 3.56. The first-order valence-corrected chi connectivity index (χ1v) is 9.56. The molecule has 1 heterocycles. The molecule has 0 bridgehead atoms. The first-order valence-electron chi connectivity index (χ1n) is 3.60. The van der Waals surface area contributed by atoms with Crippen LogP contribution in [-0.2, 0) is 0 Å². The van der Waals surface area contributed by atoms with Gasteiger partial charge >= 0.3 is 77.4 Å². The Morgan fingerprint density at radius 1 is 1.45 bits per heavy atom. The van der Waals surface area contributed by atoms with Crippen molar-refractivity contribution in [2.45, 2.75) is 11.8 Å². The van der Waals surface area contributed by atoms with E-state index >= 15 is 0 Å². The van der Waals surface area contributed by atoms with Crippen molar-refractivity contribution < 1.29 is 0 Å². The van der Waals surface area contributed by atoms with Crippen molar-refractivity contribution in [3.8, 4) is 0 Å². The summed E-state index contributed by atoms with van der Waals surface area (Å²) in [4.78, 5) is 1.46. The van der Waals surface area contributed by atoms with Crippen molar-refractivity contribution in [3.63, 3.8) is 0 Å². The van der Waals surface area contributed by atoms with Crippen LogP contribution in [-0.4, -0.2) is 4.43 Å². The fraction of sp³-hybridized carbons (Fsp3) is 0.250. The molecule has 3 heteroatoms. The predicted molar refractivity (Wildman–Crippen MR) is 60.5 cm³/mol. The molecule has 0 saturated heterocycles. The Morgan fingerprint density at radius 3 is 3.00 bits per heavy atom. The molecule has 0 amide bonds. The van der Waals surface area contributed by atoms with Gasteiger partial charge in [-0.05, 0) is 0 Å². The summed E-state index contributed by atoms with van der Waals surface area (Å²) < 4.78 is 4.94. The maximum atomic E-state index is 3.60. The third-order valence-corrected chi connectivity index (χ3v) is 9.79. The molecule has 0 unspecified atom stereocenters. The molecule has 0 fully saturated rings. The Hall–Kier alpha value is 0.100. The second-order valence-electron chi connectivity index (χ2n) is 2.25. The monoisotopic (exact) mass is 279 g/mol. The number of alkyl halides is 1. The summed E-state index contributed by atoms with van der Waals surface area (Å²) in [5.41, 5.74) is 1.37. The van der Waals surface area contributed by atoms with Crippen molar-refractivity contribution in [2.24, 2.45) is 0 Å². The van der Waals surface area contributed by atoms with E-state index in [0.29, 0.717) is 0 Å². The normalized spacial score (nSPS) is 17.7. The third-order valence-electron chi connectivity index (χ3n) is 1.51. The quantitative estimate of drug-likeness (QED) is 0.479. The Bertz CT molecular complexity index is 239. The topological polar surface area (TPSA) is 12.0 Å². The van der Waals surface area contributed by atoms with Crippen LogP contribution in [0.15, 0.2) is 29.2 Å². The van der Waals surface area contributed by atoms with E-state index in [1.165, 1.54) is 15.0 Å². The molecule has 2 rings (SSSR count). The molecule has 1 aliphatic rings. The summed E-state index contributed by atoms with van der Waals surface area (Å²) in [6, 6.07) is 8.60. The fourth-order valence-corrected chi connectivity index (χ4v) is 8.02. The van der Waals surface area contributed by atoms with Crippen LogP contribution in [0.4, 0.5) is 5.69 Å². The number of benzene rings is 1. The SMILES string of the molecule is CCI1Nc2ccccc2S1. The summed E-state index contributed by atoms with van der Waals surface area (Å²) in [6.07, 6.45) is 0. The zero-order valence-corrected chi connectivity index (χ0v) is 9.28. The maximum absolute atomic E-state index is 3.60. The molecule has 0 aromatic heterocycles. The average molecular weight is 279 g/mol. The van der Waals surface area contributed by atoms with E-state index < -0.39 is 18.7 Å². The number of rotatable bonds is 1. The second kappa shape index (κ2) is 3.23. The van der Waals surface area contributed by atoms with Gasteiger partial charge in [-0.25, -0.2) is 0 Å². The number of nitrogens with one attached hydrogen (secondary N) is 1. The van der Waals surface area contributed by atoms with Gasteiger partial charge in [-0.15, -0.1) is 0 Å². The van der Waals surface area contributed by atoms with Gasteiger partial charge in [-0.3, -0.25) is 0 Å². The molecule has 1 aromatic carbocycles. The molecule has 1 aliphatic heterocycles. The van der Waals surface area contributed by atoms with E-state index in [1.807, 2.05) is 0 Å². The van der Waals surface area contributed by atoms with Crippen LogP contribution in [0.2, 0.25) is 0 Å². The summed E-state index contributed by atoms with van der Waals surface area (Å²) in [6.45, 7) is 2.27. The van der Waals surface area contributed by atoms with E-state index in [-0.39, 0.29) is 0 Å². The molecule has 11 heavy (non-hydrogen) atoms. The number of para-hydroxylation sites is 1. The molecular formula is C8H10INS. The second-order valence-corrected chi connectivity index (χ2v) is 10.6. The van der Waals surface area contributed by atoms with E-state index in [0.717, 1.165) is 0 Å². The van der Waals surface area contributed by atoms with E-state index in [1.54, 1.807) is 0 Å². The Kier molecular flexibility index (Phi) is 2.27. The number of fused-ring (bicyclic) bond motifs is 1. The van der Waals surface area contributed by atoms with Crippen LogP contribution in [0, 0.1) is 0 Å². The Balaban J connectivity index is 2.27. The summed E-state index contributed by atoms with van der Waals surface area (Å²) >= 11 is -0.844. The molecule has 1 N–H and O–H groups in total. The van der Waals surface area contributed by atoms with Gasteiger partial charge in [-0.2, -0.15) is 0 Å². The average Bonchev–Trinajstić information content (AvgIpc) is 2.46. The molecule has 1 nitrogen and oxygen atoms in total. The molecule has 1 aromatic rings. The van der Waals surface area contributed by atoms with Crippen LogP contribution >= 0.6 is 27.6 Å². The van der Waals surface area contributed by atoms with Crippen LogP contribution in [0.1, 0.15) is 6.92 Å². The van der Waals surface area contributed by atoms with Gasteiger partial charge < -0.3 is 0 Å². The summed E-state index contributed by atoms with van der Waals surface area (Å²) in [7, 11) is 2.08. The van der Waals surface area contributed by atoms with Crippen molar-refractivity contribution in [1.29, 1.82) is 0 Å². The van der Waals surface area contributed by atoms with E-state index in [2.05, 4.69) is 43.7 Å². The summed E-state index contributed by atoms with van der Waals surface area (Å²) in [5.74, 6) is 0. The van der Waals surface area contributed by atoms with Gasteiger partial charge in [0.15, 0.2) is 0 Å². The van der Waals surface area contributed by atoms with Crippen molar-refractivity contribution >= 4 is 33.3 Å². The first-order chi connectivity index (χ1) is 5.40. The molecule has 0 radical (unpaired) electrons. The standard InChI is InChI=1S/C8H10INS/c1-2-9-10-7-5-3-4-6-8(7)11-9/h3-6,10H,2H2,1H3. The minimum atomic E-state index is -0.844. The molecular weight excluding hydrogens is 269 g/mol. The molecule has 60 valence electrons. The molecule has 0 saturated carbocycles. The van der Waals surface area contributed by atoms with Gasteiger partial charge in [0.25, 0.3) is 0 Å². The van der Waals surface area contributed by atoms with Gasteiger partial charge in [0.2, 0.25) is 0 Å². The first kappa shape index (κ1) is 7.73. The number of anilines is 1. The summed E-state index contributed by atoms with van der Waals surface area (Å²) in [5, 5.41) is 0. The van der Waals surface area contributed by atoms with E-state index in [9.17, 15) is 0 Å². The minimum absolute atomic E-state index is 0.844. The number of halogens is 1. The Morgan fingerprint density at radius 2 is 2.27 bits per heavy atom. The van der Waals surface area contributed by atoms with Crippen LogP contribution in [0.5, 0.6) is 0 Å². The van der Waals surface area contributed by atoms with Gasteiger partial charge in [-0.1, -0.05) is 0 Å². The molecule has 0 atom stereocenters. The fourth-order valence-electron chi connectivity index (χ4n) is 0.967. The molecule has 0 spiro atoms. The third kappa shape index (κ3) is 1.49. The van der Waals surface area contributed by atoms with Crippen LogP contribution < -0.4 is 3.53 Å². The van der Waals surface area contributed by atoms with Crippen molar-refractivity contribution in [3.05, 3.63) is 24.3 Å². The van der Waals surface area contributed by atoms with Gasteiger partial charge in [0, 0.05) is 0 Å². The zero-order valence-electron chi connectivity index (χ0n) is 6.30. The Labute approximate surface area is 77.1 Å². The van der Waals surface area contributed by atoms with E-state index in [4.69, 9.17) is 0 Å². The van der Waals surface area contributed by atoms with Crippen molar-refractivity contribution in [2.75, 3.05) is 7.96 Å². The van der Waals surface area contributed by atoms with Gasteiger partial charge in [0.1, 0.15) is 0 Å². The zero-order chi connectivity index (χ0) is 7.68. The number of hydrogen-bond acceptors (Lipinski definition) is 2. The van der Waals surface area contributed by atoms with Gasteiger partial charge in [0.05, 0.1) is 0 Å². The molecule has 0 aliphatic carbocycles. The van der Waals surface area contributed by atoms with Crippen LogP contribution in [0.3, 0.4) is 0 Å².